The summed E-state index contributed by atoms with van der Waals surface area (Å²) < 4.78 is 5.74. The number of carbonyl (C=O) groups is 2. The molecule has 4 aliphatic carbocycles. The molecule has 0 radical (unpaired) electrons. The van der Waals surface area contributed by atoms with Crippen molar-refractivity contribution in [1.29, 1.82) is 0 Å². The summed E-state index contributed by atoms with van der Waals surface area (Å²) in [5.41, 5.74) is 2.46. The fraction of sp³-hybridized carbons (Fsp3) is 0.560. The molecule has 1 amide bonds. The minimum Gasteiger partial charge on any atom is -0.459 e. The van der Waals surface area contributed by atoms with Gasteiger partial charge in [-0.25, -0.2) is 4.98 Å². The molecule has 6 rings (SSSR count). The van der Waals surface area contributed by atoms with Gasteiger partial charge >= 0.3 is 5.97 Å². The second kappa shape index (κ2) is 7.66. The van der Waals surface area contributed by atoms with Crippen molar-refractivity contribution < 1.29 is 19.4 Å². The summed E-state index contributed by atoms with van der Waals surface area (Å²) >= 11 is 1.36. The summed E-state index contributed by atoms with van der Waals surface area (Å²) in [6, 6.07) is 5.90. The van der Waals surface area contributed by atoms with Gasteiger partial charge in [-0.3, -0.25) is 14.5 Å². The lowest BCUT2D eigenvalue weighted by atomic mass is 9.48. The van der Waals surface area contributed by atoms with E-state index in [0.717, 1.165) is 43.4 Å². The molecule has 2 unspecified atom stereocenters. The summed E-state index contributed by atoms with van der Waals surface area (Å²) in [7, 11) is 0. The number of hydrogen-bond acceptors (Lipinski definition) is 6. The molecule has 6 nitrogen and oxygen atoms in total. The summed E-state index contributed by atoms with van der Waals surface area (Å²) in [4.78, 5) is 31.7. The number of rotatable bonds is 5. The van der Waals surface area contributed by atoms with Crippen molar-refractivity contribution in [2.45, 2.75) is 71.5 Å². The highest BCUT2D eigenvalue weighted by molar-refractivity contribution is 7.14. The number of aryl methyl sites for hydroxylation is 2. The molecule has 4 saturated carbocycles. The molecular formula is C25H30N2O4S. The standard InChI is InChI=1S/C25H30N2O4S/c1-15-4-5-21(6-16(15)2)27(17(3)28)23-26-20(13-32-23)12-31-22(29)24-8-18-7-19(9-24)11-25(30,10-18)14-24/h4-6,13,18-19,30H,7-12,14H2,1-3H3. The minimum atomic E-state index is -0.689. The predicted molar refractivity (Wildman–Crippen MR) is 123 cm³/mol. The van der Waals surface area contributed by atoms with Gasteiger partial charge in [0.15, 0.2) is 5.13 Å². The molecule has 0 saturated heterocycles. The van der Waals surface area contributed by atoms with Crippen LogP contribution in [0.5, 0.6) is 0 Å². The van der Waals surface area contributed by atoms with Crippen molar-refractivity contribution in [2.75, 3.05) is 4.90 Å². The van der Waals surface area contributed by atoms with Gasteiger partial charge in [-0.05, 0) is 87.5 Å². The van der Waals surface area contributed by atoms with E-state index in [4.69, 9.17) is 4.74 Å². The second-order valence-electron chi connectivity index (χ2n) is 10.3. The molecule has 1 heterocycles. The minimum absolute atomic E-state index is 0.0868. The van der Waals surface area contributed by atoms with Gasteiger partial charge < -0.3 is 9.84 Å². The van der Waals surface area contributed by atoms with Crippen LogP contribution in [-0.2, 0) is 20.9 Å². The Hall–Kier alpha value is -2.25. The van der Waals surface area contributed by atoms with Crippen LogP contribution in [0.1, 0.15) is 62.3 Å². The molecule has 0 spiro atoms. The smallest absolute Gasteiger partial charge is 0.312 e. The van der Waals surface area contributed by atoms with Crippen LogP contribution in [0, 0.1) is 31.1 Å². The van der Waals surface area contributed by atoms with E-state index in [9.17, 15) is 14.7 Å². The second-order valence-corrected chi connectivity index (χ2v) is 11.1. The van der Waals surface area contributed by atoms with E-state index in [-0.39, 0.29) is 18.5 Å². The molecule has 170 valence electrons. The zero-order valence-corrected chi connectivity index (χ0v) is 19.7. The van der Waals surface area contributed by atoms with Crippen LogP contribution < -0.4 is 4.90 Å². The van der Waals surface area contributed by atoms with E-state index in [1.54, 1.807) is 4.90 Å². The molecular weight excluding hydrogens is 424 g/mol. The van der Waals surface area contributed by atoms with Crippen molar-refractivity contribution in [3.63, 3.8) is 0 Å². The van der Waals surface area contributed by atoms with Crippen LogP contribution in [0.25, 0.3) is 0 Å². The topological polar surface area (TPSA) is 79.7 Å². The fourth-order valence-electron chi connectivity index (χ4n) is 6.50. The van der Waals surface area contributed by atoms with E-state index >= 15 is 0 Å². The van der Waals surface area contributed by atoms with Gasteiger partial charge in [0.2, 0.25) is 5.91 Å². The van der Waals surface area contributed by atoms with Crippen molar-refractivity contribution in [1.82, 2.24) is 4.98 Å². The highest BCUT2D eigenvalue weighted by Gasteiger charge is 2.60. The maximum absolute atomic E-state index is 13.1. The molecule has 7 heteroatoms. The van der Waals surface area contributed by atoms with Gasteiger partial charge in [-0.1, -0.05) is 6.07 Å². The number of amides is 1. The lowest BCUT2D eigenvalue weighted by Gasteiger charge is -2.58. The summed E-state index contributed by atoms with van der Waals surface area (Å²) in [6.07, 6.45) is 4.97. The van der Waals surface area contributed by atoms with Gasteiger partial charge in [0.05, 0.1) is 22.4 Å². The van der Waals surface area contributed by atoms with Crippen molar-refractivity contribution >= 4 is 34.0 Å². The molecule has 2 atom stereocenters. The number of benzene rings is 1. The third kappa shape index (κ3) is 3.75. The summed E-state index contributed by atoms with van der Waals surface area (Å²) in [6.45, 7) is 5.66. The van der Waals surface area contributed by atoms with Crippen LogP contribution in [0.15, 0.2) is 23.6 Å². The van der Waals surface area contributed by atoms with E-state index < -0.39 is 11.0 Å². The lowest BCUT2D eigenvalue weighted by Crippen LogP contribution is -2.58. The van der Waals surface area contributed by atoms with Gasteiger partial charge in [0.1, 0.15) is 6.61 Å². The fourth-order valence-corrected chi connectivity index (χ4v) is 7.37. The molecule has 0 aliphatic heterocycles. The number of esters is 1. The molecule has 32 heavy (non-hydrogen) atoms. The van der Waals surface area contributed by atoms with Crippen LogP contribution in [0.4, 0.5) is 10.8 Å². The Balaban J connectivity index is 1.29. The van der Waals surface area contributed by atoms with Crippen molar-refractivity contribution in [3.8, 4) is 0 Å². The monoisotopic (exact) mass is 454 g/mol. The number of anilines is 2. The first-order valence-electron chi connectivity index (χ1n) is 11.4. The predicted octanol–water partition coefficient (Wildman–Crippen LogP) is 4.82. The summed E-state index contributed by atoms with van der Waals surface area (Å²) in [5, 5.41) is 13.3. The first kappa shape index (κ1) is 21.6. The SMILES string of the molecule is CC(=O)N(c1ccc(C)c(C)c1)c1nc(COC(=O)C23CC4CC(CC(O)(C4)C2)C3)cs1. The van der Waals surface area contributed by atoms with Gasteiger partial charge in [-0.2, -0.15) is 0 Å². The highest BCUT2D eigenvalue weighted by Crippen LogP contribution is 2.62. The highest BCUT2D eigenvalue weighted by atomic mass is 32.1. The zero-order valence-electron chi connectivity index (χ0n) is 18.9. The largest absolute Gasteiger partial charge is 0.459 e. The Morgan fingerprint density at radius 2 is 1.91 bits per heavy atom. The Bertz CT molecular complexity index is 1060. The molecule has 1 aromatic heterocycles. The first-order valence-corrected chi connectivity index (χ1v) is 12.3. The third-order valence-electron chi connectivity index (χ3n) is 7.61. The Morgan fingerprint density at radius 3 is 2.53 bits per heavy atom. The van der Waals surface area contributed by atoms with E-state index in [1.807, 2.05) is 37.4 Å². The van der Waals surface area contributed by atoms with E-state index in [1.165, 1.54) is 23.8 Å². The number of nitrogens with zero attached hydrogens (tertiary/aromatic N) is 2. The molecule has 4 fully saturated rings. The molecule has 2 aromatic rings. The lowest BCUT2D eigenvalue weighted by molar-refractivity contribution is -0.197. The number of aliphatic hydroxyl groups is 1. The average molecular weight is 455 g/mol. The maximum atomic E-state index is 13.1. The van der Waals surface area contributed by atoms with Crippen molar-refractivity contribution in [3.05, 3.63) is 40.4 Å². The van der Waals surface area contributed by atoms with E-state index in [2.05, 4.69) is 4.98 Å². The quantitative estimate of drug-likeness (QED) is 0.655. The Morgan fingerprint density at radius 1 is 1.19 bits per heavy atom. The number of thiazole rings is 1. The van der Waals surface area contributed by atoms with Gasteiger partial charge in [-0.15, -0.1) is 11.3 Å². The zero-order chi connectivity index (χ0) is 22.7. The van der Waals surface area contributed by atoms with E-state index in [0.29, 0.717) is 29.1 Å². The number of ether oxygens (including phenoxy) is 1. The first-order chi connectivity index (χ1) is 15.2. The van der Waals surface area contributed by atoms with Crippen molar-refractivity contribution in [2.24, 2.45) is 17.3 Å². The molecule has 1 N–H and O–H groups in total. The molecule has 1 aromatic carbocycles. The third-order valence-corrected chi connectivity index (χ3v) is 8.48. The normalized spacial score (nSPS) is 30.4. The van der Waals surface area contributed by atoms with Crippen LogP contribution >= 0.6 is 11.3 Å². The maximum Gasteiger partial charge on any atom is 0.312 e. The van der Waals surface area contributed by atoms with Gasteiger partial charge in [0, 0.05) is 12.3 Å². The Labute approximate surface area is 192 Å². The average Bonchev–Trinajstić information content (AvgIpc) is 3.15. The molecule has 4 aliphatic rings. The Kier molecular flexibility index (Phi) is 5.17. The number of carbonyl (C=O) groups excluding carboxylic acids is 2. The van der Waals surface area contributed by atoms with Crippen LogP contribution in [0.3, 0.4) is 0 Å². The van der Waals surface area contributed by atoms with Crippen LogP contribution in [-0.4, -0.2) is 27.6 Å². The van der Waals surface area contributed by atoms with Crippen LogP contribution in [0.2, 0.25) is 0 Å². The molecule has 4 bridgehead atoms. The summed E-state index contributed by atoms with van der Waals surface area (Å²) in [5.74, 6) is 0.550. The van der Waals surface area contributed by atoms with Gasteiger partial charge in [0.25, 0.3) is 0 Å². The number of aromatic nitrogens is 1. The number of hydrogen-bond donors (Lipinski definition) is 1.